The minimum atomic E-state index is 0.126. The molecule has 220 valence electrons. The Morgan fingerprint density at radius 1 is 0.725 bits per heavy atom. The molecule has 3 aromatic rings. The van der Waals surface area contributed by atoms with Gasteiger partial charge in [-0.3, -0.25) is 0 Å². The van der Waals surface area contributed by atoms with Gasteiger partial charge in [0.25, 0.3) is 0 Å². The van der Waals surface area contributed by atoms with Crippen LogP contribution in [-0.4, -0.2) is 62.7 Å². The fourth-order valence-corrected chi connectivity index (χ4v) is 7.22. The minimum absolute atomic E-state index is 0.126. The van der Waals surface area contributed by atoms with Crippen LogP contribution in [0, 0.1) is 0 Å². The molecule has 0 aliphatic rings. The van der Waals surface area contributed by atoms with Crippen LogP contribution in [0.15, 0.2) is 42.5 Å². The van der Waals surface area contributed by atoms with E-state index in [4.69, 9.17) is 24.4 Å². The van der Waals surface area contributed by atoms with Crippen LogP contribution in [0.1, 0.15) is 83.7 Å². The van der Waals surface area contributed by atoms with Gasteiger partial charge in [-0.05, 0) is 48.8 Å². The summed E-state index contributed by atoms with van der Waals surface area (Å²) in [5.41, 5.74) is 4.32. The molecule has 1 heterocycles. The molecule has 40 heavy (non-hydrogen) atoms. The van der Waals surface area contributed by atoms with Crippen LogP contribution in [0.2, 0.25) is 0 Å². The molecule has 0 aliphatic carbocycles. The highest BCUT2D eigenvalue weighted by atomic mass is 32.2. The van der Waals surface area contributed by atoms with Gasteiger partial charge in [-0.25, -0.2) is 0 Å². The van der Waals surface area contributed by atoms with E-state index in [1.54, 1.807) is 0 Å². The maximum absolute atomic E-state index is 5.46. The third kappa shape index (κ3) is 9.37. The van der Waals surface area contributed by atoms with Crippen molar-refractivity contribution in [1.82, 2.24) is 14.4 Å². The Balaban J connectivity index is 1.78. The standard InChI is InChI=1S/C33H49N3S4/c1-33(2,3)25-20-21-28-27-18-12-13-19-29(27)36(30(28)24-25)26(16-10-8-14-22-39-31(37)34(4)5)17-11-9-15-23-40-32(38)35(6)7/h12-13,18-21,24,26H,8-11,14-17,22-23H2,1-7H3. The lowest BCUT2D eigenvalue weighted by Gasteiger charge is -2.24. The molecule has 0 spiro atoms. The second kappa shape index (κ2) is 15.8. The van der Waals surface area contributed by atoms with E-state index in [1.165, 1.54) is 78.7 Å². The molecule has 0 bridgehead atoms. The first-order valence-corrected chi connectivity index (χ1v) is 17.5. The number of unbranched alkanes of at least 4 members (excludes halogenated alkanes) is 4. The molecule has 0 atom stereocenters. The smallest absolute Gasteiger partial charge is 0.135 e. The molecule has 0 unspecified atom stereocenters. The van der Waals surface area contributed by atoms with Gasteiger partial charge >= 0.3 is 0 Å². The van der Waals surface area contributed by atoms with E-state index in [1.807, 2.05) is 61.5 Å². The number of hydrogen-bond donors (Lipinski definition) is 0. The topological polar surface area (TPSA) is 11.4 Å². The number of fused-ring (bicyclic) bond motifs is 3. The molecular formula is C33H49N3S4. The molecular weight excluding hydrogens is 567 g/mol. The summed E-state index contributed by atoms with van der Waals surface area (Å²) < 4.78 is 4.68. The third-order valence-corrected chi connectivity index (χ3v) is 11.1. The molecule has 0 fully saturated rings. The first-order chi connectivity index (χ1) is 19.0. The summed E-state index contributed by atoms with van der Waals surface area (Å²) in [4.78, 5) is 4.08. The Morgan fingerprint density at radius 2 is 1.25 bits per heavy atom. The summed E-state index contributed by atoms with van der Waals surface area (Å²) in [7, 11) is 8.13. The van der Waals surface area contributed by atoms with Crippen LogP contribution < -0.4 is 0 Å². The zero-order valence-electron chi connectivity index (χ0n) is 25.7. The molecule has 0 aliphatic heterocycles. The first kappa shape index (κ1) is 33.2. The zero-order chi connectivity index (χ0) is 29.3. The van der Waals surface area contributed by atoms with Gasteiger partial charge in [0.05, 0.1) is 0 Å². The molecule has 0 saturated heterocycles. The number of nitrogens with zero attached hydrogens (tertiary/aromatic N) is 3. The van der Waals surface area contributed by atoms with E-state index in [0.717, 1.165) is 20.1 Å². The predicted octanol–water partition coefficient (Wildman–Crippen LogP) is 9.91. The fourth-order valence-electron chi connectivity index (χ4n) is 5.16. The summed E-state index contributed by atoms with van der Waals surface area (Å²) in [5, 5.41) is 2.76. The number of benzene rings is 2. The maximum Gasteiger partial charge on any atom is 0.135 e. The van der Waals surface area contributed by atoms with E-state index in [2.05, 4.69) is 67.8 Å². The first-order valence-electron chi connectivity index (χ1n) is 14.7. The van der Waals surface area contributed by atoms with Gasteiger partial charge in [0.15, 0.2) is 0 Å². The van der Waals surface area contributed by atoms with Crippen molar-refractivity contribution in [1.29, 1.82) is 0 Å². The Kier molecular flexibility index (Phi) is 13.1. The van der Waals surface area contributed by atoms with E-state index in [9.17, 15) is 0 Å². The molecule has 7 heteroatoms. The molecule has 2 aromatic carbocycles. The Hall–Kier alpha value is -1.28. The number of thiocarbonyl (C=S) groups is 2. The van der Waals surface area contributed by atoms with Gasteiger partial charge in [-0.2, -0.15) is 0 Å². The molecule has 0 saturated carbocycles. The monoisotopic (exact) mass is 615 g/mol. The molecule has 0 radical (unpaired) electrons. The predicted molar refractivity (Wildman–Crippen MR) is 192 cm³/mol. The van der Waals surface area contributed by atoms with Gasteiger partial charge in [0.1, 0.15) is 8.64 Å². The van der Waals surface area contributed by atoms with Gasteiger partial charge in [-0.1, -0.05) is 125 Å². The quantitative estimate of drug-likeness (QED) is 0.139. The Labute approximate surface area is 262 Å². The highest BCUT2D eigenvalue weighted by molar-refractivity contribution is 8.23. The van der Waals surface area contributed by atoms with Crippen molar-refractivity contribution < 1.29 is 0 Å². The zero-order valence-corrected chi connectivity index (χ0v) is 28.9. The molecule has 3 nitrogen and oxygen atoms in total. The van der Waals surface area contributed by atoms with Gasteiger partial charge in [-0.15, -0.1) is 0 Å². The second-order valence-electron chi connectivity index (χ2n) is 12.2. The molecule has 3 rings (SSSR count). The maximum atomic E-state index is 5.46. The summed E-state index contributed by atoms with van der Waals surface area (Å²) in [6, 6.07) is 16.7. The van der Waals surface area contributed by atoms with Gasteiger partial charge < -0.3 is 14.4 Å². The molecule has 0 N–H and O–H groups in total. The number of aromatic nitrogens is 1. The number of hydrogen-bond acceptors (Lipinski definition) is 4. The SMILES string of the molecule is CN(C)C(=S)SCCCCCC(CCCCCSC(=S)N(C)C)n1c2ccccc2c2ccc(C(C)(C)C)cc21. The second-order valence-corrected chi connectivity index (χ2v) is 15.7. The van der Waals surface area contributed by atoms with E-state index >= 15 is 0 Å². The van der Waals surface area contributed by atoms with Crippen molar-refractivity contribution in [2.75, 3.05) is 39.7 Å². The van der Waals surface area contributed by atoms with E-state index in [0.29, 0.717) is 6.04 Å². The number of rotatable bonds is 13. The van der Waals surface area contributed by atoms with Crippen LogP contribution in [0.5, 0.6) is 0 Å². The van der Waals surface area contributed by atoms with E-state index < -0.39 is 0 Å². The van der Waals surface area contributed by atoms with E-state index in [-0.39, 0.29) is 5.41 Å². The summed E-state index contributed by atoms with van der Waals surface area (Å²) in [6.07, 6.45) is 9.88. The normalized spacial score (nSPS) is 12.0. The fraction of sp³-hybridized carbons (Fsp3) is 0.576. The van der Waals surface area contributed by atoms with Crippen molar-refractivity contribution in [3.8, 4) is 0 Å². The van der Waals surface area contributed by atoms with Crippen LogP contribution >= 0.6 is 48.0 Å². The molecule has 0 amide bonds. The molecule has 1 aromatic heterocycles. The highest BCUT2D eigenvalue weighted by Gasteiger charge is 2.21. The van der Waals surface area contributed by atoms with Gasteiger partial charge in [0.2, 0.25) is 0 Å². The van der Waals surface area contributed by atoms with Crippen LogP contribution in [0.3, 0.4) is 0 Å². The van der Waals surface area contributed by atoms with Crippen molar-refractivity contribution in [3.05, 3.63) is 48.0 Å². The highest BCUT2D eigenvalue weighted by Crippen LogP contribution is 2.38. The Bertz CT molecular complexity index is 1220. The summed E-state index contributed by atoms with van der Waals surface area (Å²) >= 11 is 14.5. The van der Waals surface area contributed by atoms with Gasteiger partial charge in [0, 0.05) is 67.5 Å². The summed E-state index contributed by atoms with van der Waals surface area (Å²) in [5.74, 6) is 2.22. The van der Waals surface area contributed by atoms with Crippen molar-refractivity contribution in [2.24, 2.45) is 0 Å². The average Bonchev–Trinajstić information content (AvgIpc) is 3.24. The summed E-state index contributed by atoms with van der Waals surface area (Å²) in [6.45, 7) is 6.95. The van der Waals surface area contributed by atoms with Crippen LogP contribution in [-0.2, 0) is 5.41 Å². The Morgan fingerprint density at radius 3 is 1.77 bits per heavy atom. The van der Waals surface area contributed by atoms with Crippen molar-refractivity contribution in [3.63, 3.8) is 0 Å². The lowest BCUT2D eigenvalue weighted by atomic mass is 9.86. The van der Waals surface area contributed by atoms with Crippen molar-refractivity contribution in [2.45, 2.75) is 83.6 Å². The minimum Gasteiger partial charge on any atom is -0.364 e. The largest absolute Gasteiger partial charge is 0.364 e. The lowest BCUT2D eigenvalue weighted by molar-refractivity contribution is 0.418. The number of para-hydroxylation sites is 1. The lowest BCUT2D eigenvalue weighted by Crippen LogP contribution is -2.16. The number of thioether (sulfide) groups is 2. The average molecular weight is 616 g/mol. The van der Waals surface area contributed by atoms with Crippen molar-refractivity contribution >= 4 is 78.4 Å². The third-order valence-electron chi connectivity index (χ3n) is 7.49. The van der Waals surface area contributed by atoms with Crippen LogP contribution in [0.25, 0.3) is 21.8 Å². The van der Waals surface area contributed by atoms with Crippen LogP contribution in [0.4, 0.5) is 0 Å².